The van der Waals surface area contributed by atoms with Gasteiger partial charge in [0.15, 0.2) is 0 Å². The molecule has 0 saturated heterocycles. The van der Waals surface area contributed by atoms with Gasteiger partial charge in [0, 0.05) is 5.39 Å². The van der Waals surface area contributed by atoms with Crippen molar-refractivity contribution in [3.05, 3.63) is 35.4 Å². The van der Waals surface area contributed by atoms with Gasteiger partial charge in [-0.1, -0.05) is 6.07 Å². The Morgan fingerprint density at radius 1 is 0.800 bits per heavy atom. The van der Waals surface area contributed by atoms with Gasteiger partial charge in [-0.2, -0.15) is 16.8 Å². The van der Waals surface area contributed by atoms with Crippen molar-refractivity contribution in [1.82, 2.24) is 0 Å². The Hall–Kier alpha value is -1.48. The molecule has 0 bridgehead atoms. The van der Waals surface area contributed by atoms with Crippen LogP contribution in [-0.2, 0) is 20.2 Å². The summed E-state index contributed by atoms with van der Waals surface area (Å²) in [6.45, 7) is 3.04. The van der Waals surface area contributed by atoms with Gasteiger partial charge in [0.25, 0.3) is 20.2 Å². The first-order valence-electron chi connectivity index (χ1n) is 5.50. The fraction of sp³-hybridized carbons (Fsp3) is 0.167. The van der Waals surface area contributed by atoms with Gasteiger partial charge < -0.3 is 0 Å². The standard InChI is InChI=1S/C12H12O6S2/c1-7-3-9-6-11(19(13,14)15)8(2)5-10(9)12(4-7)20(16,17)18/h3-6H,1-2H3,(H,13,14,15)(H,16,17,18). The highest BCUT2D eigenvalue weighted by molar-refractivity contribution is 7.86. The number of hydrogen-bond donors (Lipinski definition) is 2. The van der Waals surface area contributed by atoms with E-state index in [0.717, 1.165) is 0 Å². The van der Waals surface area contributed by atoms with E-state index in [1.54, 1.807) is 13.0 Å². The van der Waals surface area contributed by atoms with Crippen LogP contribution in [0.4, 0.5) is 0 Å². The van der Waals surface area contributed by atoms with Gasteiger partial charge in [-0.15, -0.1) is 0 Å². The number of hydrogen-bond acceptors (Lipinski definition) is 4. The molecule has 0 heterocycles. The minimum absolute atomic E-state index is 0.189. The van der Waals surface area contributed by atoms with E-state index in [4.69, 9.17) is 4.55 Å². The van der Waals surface area contributed by atoms with E-state index in [0.29, 0.717) is 10.9 Å². The molecule has 6 nitrogen and oxygen atoms in total. The lowest BCUT2D eigenvalue weighted by Crippen LogP contribution is -2.04. The van der Waals surface area contributed by atoms with Crippen molar-refractivity contribution in [3.63, 3.8) is 0 Å². The van der Waals surface area contributed by atoms with Crippen LogP contribution in [0.3, 0.4) is 0 Å². The molecular weight excluding hydrogens is 304 g/mol. The molecule has 0 radical (unpaired) electrons. The van der Waals surface area contributed by atoms with E-state index in [2.05, 4.69) is 0 Å². The van der Waals surface area contributed by atoms with Crippen molar-refractivity contribution in [3.8, 4) is 0 Å². The summed E-state index contributed by atoms with van der Waals surface area (Å²) in [6.07, 6.45) is 0. The van der Waals surface area contributed by atoms with E-state index in [-0.39, 0.29) is 20.7 Å². The van der Waals surface area contributed by atoms with Crippen LogP contribution in [0.2, 0.25) is 0 Å². The summed E-state index contributed by atoms with van der Waals surface area (Å²) in [5.41, 5.74) is 0.726. The molecule has 0 saturated carbocycles. The molecule has 2 N–H and O–H groups in total. The van der Waals surface area contributed by atoms with E-state index < -0.39 is 20.2 Å². The molecule has 20 heavy (non-hydrogen) atoms. The Bertz CT molecular complexity index is 911. The number of aryl methyl sites for hydroxylation is 2. The van der Waals surface area contributed by atoms with Gasteiger partial charge in [0.1, 0.15) is 4.90 Å². The average molecular weight is 316 g/mol. The lowest BCUT2D eigenvalue weighted by Gasteiger charge is -2.09. The molecular formula is C12H12O6S2. The predicted octanol–water partition coefficient (Wildman–Crippen LogP) is 1.95. The summed E-state index contributed by atoms with van der Waals surface area (Å²) in [5.74, 6) is 0. The summed E-state index contributed by atoms with van der Waals surface area (Å²) < 4.78 is 63.6. The first-order valence-corrected chi connectivity index (χ1v) is 8.38. The number of rotatable bonds is 2. The van der Waals surface area contributed by atoms with Gasteiger partial charge >= 0.3 is 0 Å². The van der Waals surface area contributed by atoms with Crippen molar-refractivity contribution in [2.45, 2.75) is 23.6 Å². The second kappa shape index (κ2) is 4.52. The highest BCUT2D eigenvalue weighted by Gasteiger charge is 2.19. The van der Waals surface area contributed by atoms with Crippen LogP contribution < -0.4 is 0 Å². The summed E-state index contributed by atoms with van der Waals surface area (Å²) in [6, 6.07) is 5.35. The minimum Gasteiger partial charge on any atom is -0.282 e. The predicted molar refractivity (Wildman–Crippen MR) is 73.1 cm³/mol. The number of fused-ring (bicyclic) bond motifs is 1. The Kier molecular flexibility index (Phi) is 3.37. The van der Waals surface area contributed by atoms with Crippen LogP contribution in [0.15, 0.2) is 34.1 Å². The molecule has 2 aromatic rings. The van der Waals surface area contributed by atoms with Crippen LogP contribution in [0, 0.1) is 13.8 Å². The molecule has 8 heteroatoms. The topological polar surface area (TPSA) is 109 Å². The summed E-state index contributed by atoms with van der Waals surface area (Å²) in [4.78, 5) is -0.589. The van der Waals surface area contributed by atoms with E-state index in [1.165, 1.54) is 25.1 Å². The zero-order valence-corrected chi connectivity index (χ0v) is 12.3. The molecule has 0 fully saturated rings. The molecule has 0 aromatic heterocycles. The Labute approximate surface area is 116 Å². The fourth-order valence-electron chi connectivity index (χ4n) is 2.10. The van der Waals surface area contributed by atoms with E-state index >= 15 is 0 Å². The van der Waals surface area contributed by atoms with Crippen molar-refractivity contribution in [2.75, 3.05) is 0 Å². The minimum atomic E-state index is -4.43. The third-order valence-electron chi connectivity index (χ3n) is 2.91. The summed E-state index contributed by atoms with van der Waals surface area (Å²) in [7, 11) is -8.83. The van der Waals surface area contributed by atoms with Gasteiger partial charge in [0.05, 0.1) is 4.90 Å². The molecule has 0 aliphatic heterocycles. The second-order valence-corrected chi connectivity index (χ2v) is 7.33. The van der Waals surface area contributed by atoms with Gasteiger partial charge in [-0.3, -0.25) is 9.11 Å². The van der Waals surface area contributed by atoms with Gasteiger partial charge in [0.2, 0.25) is 0 Å². The fourth-order valence-corrected chi connectivity index (χ4v) is 3.63. The zero-order valence-electron chi connectivity index (χ0n) is 10.7. The molecule has 108 valence electrons. The van der Waals surface area contributed by atoms with Crippen LogP contribution in [0.25, 0.3) is 10.8 Å². The molecule has 0 amide bonds. The smallest absolute Gasteiger partial charge is 0.282 e. The lowest BCUT2D eigenvalue weighted by atomic mass is 10.1. The highest BCUT2D eigenvalue weighted by Crippen LogP contribution is 2.29. The van der Waals surface area contributed by atoms with Crippen LogP contribution in [0.1, 0.15) is 11.1 Å². The molecule has 0 unspecified atom stereocenters. The van der Waals surface area contributed by atoms with Crippen molar-refractivity contribution >= 4 is 31.0 Å². The monoisotopic (exact) mass is 316 g/mol. The van der Waals surface area contributed by atoms with Crippen molar-refractivity contribution in [1.29, 1.82) is 0 Å². The first kappa shape index (κ1) is 14.9. The van der Waals surface area contributed by atoms with Gasteiger partial charge in [-0.05, 0) is 48.6 Å². The third-order valence-corrected chi connectivity index (χ3v) is 4.80. The van der Waals surface area contributed by atoms with Crippen molar-refractivity contribution in [2.24, 2.45) is 0 Å². The maximum absolute atomic E-state index is 11.4. The zero-order chi connectivity index (χ0) is 15.3. The largest absolute Gasteiger partial charge is 0.295 e. The third kappa shape index (κ3) is 2.68. The Morgan fingerprint density at radius 2 is 1.35 bits per heavy atom. The summed E-state index contributed by atoms with van der Waals surface area (Å²) >= 11 is 0. The molecule has 2 rings (SSSR count). The highest BCUT2D eigenvalue weighted by atomic mass is 32.2. The van der Waals surface area contributed by atoms with E-state index in [1.807, 2.05) is 0 Å². The molecule has 0 atom stereocenters. The molecule has 2 aromatic carbocycles. The van der Waals surface area contributed by atoms with Gasteiger partial charge in [-0.25, -0.2) is 0 Å². The number of benzene rings is 2. The van der Waals surface area contributed by atoms with Crippen LogP contribution in [-0.4, -0.2) is 25.9 Å². The van der Waals surface area contributed by atoms with Crippen LogP contribution in [0.5, 0.6) is 0 Å². The lowest BCUT2D eigenvalue weighted by molar-refractivity contribution is 0.481. The Morgan fingerprint density at radius 3 is 1.85 bits per heavy atom. The second-order valence-electron chi connectivity index (χ2n) is 4.55. The first-order chi connectivity index (χ1) is 9.00. The van der Waals surface area contributed by atoms with Crippen LogP contribution >= 0.6 is 0 Å². The van der Waals surface area contributed by atoms with E-state index in [9.17, 15) is 21.4 Å². The average Bonchev–Trinajstić information content (AvgIpc) is 2.25. The van der Waals surface area contributed by atoms with Crippen molar-refractivity contribution < 1.29 is 25.9 Å². The maximum atomic E-state index is 11.4. The molecule has 0 aliphatic carbocycles. The Balaban J connectivity index is 3.00. The SMILES string of the molecule is Cc1cc(S(=O)(=O)O)c2cc(C)c(S(=O)(=O)O)cc2c1. The molecule has 0 aliphatic rings. The normalized spacial score (nSPS) is 12.8. The summed E-state index contributed by atoms with van der Waals surface area (Å²) in [5, 5.41) is 0.499. The quantitative estimate of drug-likeness (QED) is 0.820. The maximum Gasteiger partial charge on any atom is 0.295 e. The molecule has 0 spiro atoms.